The maximum atomic E-state index is 4.69. The van der Waals surface area contributed by atoms with Crippen molar-refractivity contribution in [3.05, 3.63) is 89.5 Å². The molecule has 0 radical (unpaired) electrons. The molecular formula is C23H30IN5. The van der Waals surface area contributed by atoms with Gasteiger partial charge in [0, 0.05) is 38.4 Å². The van der Waals surface area contributed by atoms with Gasteiger partial charge in [-0.2, -0.15) is 0 Å². The molecule has 154 valence electrons. The Hall–Kier alpha value is -2.35. The van der Waals surface area contributed by atoms with Crippen LogP contribution in [-0.4, -0.2) is 28.6 Å². The second-order valence-corrected chi connectivity index (χ2v) is 6.81. The normalized spacial score (nSPS) is 11.0. The first kappa shape index (κ1) is 22.9. The monoisotopic (exact) mass is 503 g/mol. The Balaban J connectivity index is 0.00000300. The highest BCUT2D eigenvalue weighted by Gasteiger charge is 2.05. The third-order valence-corrected chi connectivity index (χ3v) is 4.52. The van der Waals surface area contributed by atoms with Gasteiger partial charge in [-0.25, -0.2) is 9.98 Å². The van der Waals surface area contributed by atoms with E-state index in [1.807, 2.05) is 18.5 Å². The molecule has 0 spiro atoms. The first-order chi connectivity index (χ1) is 13.7. The molecule has 29 heavy (non-hydrogen) atoms. The van der Waals surface area contributed by atoms with E-state index in [1.165, 1.54) is 16.7 Å². The first-order valence-electron chi connectivity index (χ1n) is 9.86. The predicted octanol–water partition coefficient (Wildman–Crippen LogP) is 4.16. The van der Waals surface area contributed by atoms with Crippen molar-refractivity contribution in [1.29, 1.82) is 0 Å². The van der Waals surface area contributed by atoms with Gasteiger partial charge in [0.25, 0.3) is 0 Å². The van der Waals surface area contributed by atoms with Crippen LogP contribution in [0.5, 0.6) is 0 Å². The van der Waals surface area contributed by atoms with Crippen molar-refractivity contribution < 1.29 is 0 Å². The number of rotatable bonds is 8. The summed E-state index contributed by atoms with van der Waals surface area (Å²) in [6.45, 7) is 7.31. The highest BCUT2D eigenvalue weighted by Crippen LogP contribution is 2.06. The Morgan fingerprint density at radius 2 is 1.76 bits per heavy atom. The number of hydrogen-bond acceptors (Lipinski definition) is 2. The van der Waals surface area contributed by atoms with Crippen LogP contribution in [0.1, 0.15) is 29.4 Å². The molecular weight excluding hydrogens is 473 g/mol. The molecule has 5 nitrogen and oxygen atoms in total. The number of aryl methyl sites for hydroxylation is 1. The molecule has 6 heteroatoms. The van der Waals surface area contributed by atoms with Crippen LogP contribution in [0.3, 0.4) is 0 Å². The summed E-state index contributed by atoms with van der Waals surface area (Å²) in [5.74, 6) is 1.91. The second kappa shape index (κ2) is 12.3. The molecule has 3 rings (SSSR count). The van der Waals surface area contributed by atoms with Crippen LogP contribution >= 0.6 is 24.0 Å². The summed E-state index contributed by atoms with van der Waals surface area (Å²) in [6.07, 6.45) is 4.75. The molecule has 2 N–H and O–H groups in total. The zero-order chi connectivity index (χ0) is 19.6. The Bertz CT molecular complexity index is 872. The molecule has 0 unspecified atom stereocenters. The Kier molecular flexibility index (Phi) is 9.70. The lowest BCUT2D eigenvalue weighted by Crippen LogP contribution is -2.38. The van der Waals surface area contributed by atoms with Crippen molar-refractivity contribution >= 4 is 29.9 Å². The molecule has 1 aromatic heterocycles. The van der Waals surface area contributed by atoms with Gasteiger partial charge in [0.1, 0.15) is 5.82 Å². The highest BCUT2D eigenvalue weighted by molar-refractivity contribution is 14.0. The van der Waals surface area contributed by atoms with E-state index in [0.717, 1.165) is 37.8 Å². The van der Waals surface area contributed by atoms with Gasteiger partial charge in [0.2, 0.25) is 0 Å². The van der Waals surface area contributed by atoms with Crippen LogP contribution in [0.2, 0.25) is 0 Å². The molecule has 3 aromatic rings. The maximum absolute atomic E-state index is 4.69. The molecule has 0 bridgehead atoms. The second-order valence-electron chi connectivity index (χ2n) is 6.81. The van der Waals surface area contributed by atoms with Crippen LogP contribution in [0.4, 0.5) is 0 Å². The van der Waals surface area contributed by atoms with Crippen molar-refractivity contribution in [2.45, 2.75) is 33.4 Å². The number of guanidine groups is 1. The zero-order valence-electron chi connectivity index (χ0n) is 17.1. The fraction of sp³-hybridized carbons (Fsp3) is 0.304. The predicted molar refractivity (Wildman–Crippen MR) is 131 cm³/mol. The van der Waals surface area contributed by atoms with Crippen LogP contribution in [0.15, 0.2) is 72.0 Å². The molecule has 0 amide bonds. The minimum atomic E-state index is 0. The van der Waals surface area contributed by atoms with E-state index in [4.69, 9.17) is 0 Å². The van der Waals surface area contributed by atoms with Gasteiger partial charge in [-0.05, 0) is 25.0 Å². The van der Waals surface area contributed by atoms with E-state index in [2.05, 4.69) is 87.6 Å². The third-order valence-electron chi connectivity index (χ3n) is 4.52. The zero-order valence-corrected chi connectivity index (χ0v) is 19.5. The summed E-state index contributed by atoms with van der Waals surface area (Å²) >= 11 is 0. The van der Waals surface area contributed by atoms with Crippen molar-refractivity contribution in [3.8, 4) is 0 Å². The summed E-state index contributed by atoms with van der Waals surface area (Å²) < 4.78 is 2.20. The fourth-order valence-corrected chi connectivity index (χ4v) is 2.99. The molecule has 0 aliphatic carbocycles. The molecule has 2 aromatic carbocycles. The lowest BCUT2D eigenvalue weighted by atomic mass is 10.1. The lowest BCUT2D eigenvalue weighted by molar-refractivity contribution is 0.694. The molecule has 0 saturated carbocycles. The van der Waals surface area contributed by atoms with Crippen LogP contribution in [0, 0.1) is 6.92 Å². The minimum Gasteiger partial charge on any atom is -0.357 e. The molecule has 0 saturated heterocycles. The molecule has 0 fully saturated rings. The van der Waals surface area contributed by atoms with Crippen molar-refractivity contribution in [1.82, 2.24) is 20.2 Å². The number of halogens is 1. The van der Waals surface area contributed by atoms with Gasteiger partial charge in [-0.1, -0.05) is 60.2 Å². The van der Waals surface area contributed by atoms with E-state index >= 15 is 0 Å². The van der Waals surface area contributed by atoms with Crippen molar-refractivity contribution in [3.63, 3.8) is 0 Å². The molecule has 1 heterocycles. The summed E-state index contributed by atoms with van der Waals surface area (Å²) in [4.78, 5) is 9.21. The largest absolute Gasteiger partial charge is 0.357 e. The molecule has 0 aliphatic heterocycles. The quantitative estimate of drug-likeness (QED) is 0.276. The van der Waals surface area contributed by atoms with Gasteiger partial charge in [-0.15, -0.1) is 24.0 Å². The number of benzene rings is 2. The third kappa shape index (κ3) is 7.53. The van der Waals surface area contributed by atoms with E-state index in [1.54, 1.807) is 0 Å². The topological polar surface area (TPSA) is 54.2 Å². The summed E-state index contributed by atoms with van der Waals surface area (Å²) in [5, 5.41) is 6.73. The van der Waals surface area contributed by atoms with Crippen LogP contribution < -0.4 is 10.6 Å². The standard InChI is InChI=1S/C23H29N5.HI/c1-3-24-23(27-17-20-11-9-19(2)10-12-20)26-14-13-22-25-15-16-28(22)18-21-7-5-4-6-8-21;/h4-12,15-16H,3,13-14,17-18H2,1-2H3,(H2,24,26,27);1H. The van der Waals surface area contributed by atoms with E-state index < -0.39 is 0 Å². The minimum absolute atomic E-state index is 0. The van der Waals surface area contributed by atoms with Gasteiger partial charge < -0.3 is 15.2 Å². The highest BCUT2D eigenvalue weighted by atomic mass is 127. The van der Waals surface area contributed by atoms with Gasteiger partial charge in [0.15, 0.2) is 5.96 Å². The van der Waals surface area contributed by atoms with E-state index in [9.17, 15) is 0 Å². The number of hydrogen-bond donors (Lipinski definition) is 2. The first-order valence-corrected chi connectivity index (χ1v) is 9.86. The number of aliphatic imine (C=N–C) groups is 1. The van der Waals surface area contributed by atoms with Gasteiger partial charge in [-0.3, -0.25) is 0 Å². The lowest BCUT2D eigenvalue weighted by Gasteiger charge is -2.12. The fourth-order valence-electron chi connectivity index (χ4n) is 2.99. The summed E-state index contributed by atoms with van der Waals surface area (Å²) in [6, 6.07) is 19.0. The Labute approximate surface area is 190 Å². The van der Waals surface area contributed by atoms with Crippen molar-refractivity contribution in [2.24, 2.45) is 4.99 Å². The maximum Gasteiger partial charge on any atom is 0.191 e. The van der Waals surface area contributed by atoms with Gasteiger partial charge in [0.05, 0.1) is 6.54 Å². The Morgan fingerprint density at radius 3 is 2.48 bits per heavy atom. The van der Waals surface area contributed by atoms with Crippen LogP contribution in [-0.2, 0) is 19.5 Å². The average Bonchev–Trinajstić information content (AvgIpc) is 3.15. The number of aromatic nitrogens is 2. The average molecular weight is 503 g/mol. The molecule has 0 aliphatic rings. The summed E-state index contributed by atoms with van der Waals surface area (Å²) in [7, 11) is 0. The SMILES string of the molecule is CCNC(=NCc1ccc(C)cc1)NCCc1nccn1Cc1ccccc1.I. The Morgan fingerprint density at radius 1 is 1.00 bits per heavy atom. The molecule has 0 atom stereocenters. The van der Waals surface area contributed by atoms with Crippen molar-refractivity contribution in [2.75, 3.05) is 13.1 Å². The summed E-state index contributed by atoms with van der Waals surface area (Å²) in [5.41, 5.74) is 3.76. The van der Waals surface area contributed by atoms with E-state index in [-0.39, 0.29) is 24.0 Å². The van der Waals surface area contributed by atoms with Crippen LogP contribution in [0.25, 0.3) is 0 Å². The van der Waals surface area contributed by atoms with E-state index in [0.29, 0.717) is 6.54 Å². The number of imidazole rings is 1. The number of nitrogens with one attached hydrogen (secondary N) is 2. The number of nitrogens with zero attached hydrogens (tertiary/aromatic N) is 3. The smallest absolute Gasteiger partial charge is 0.191 e. The van der Waals surface area contributed by atoms with Gasteiger partial charge >= 0.3 is 0 Å².